The topological polar surface area (TPSA) is 68.0 Å². The zero-order chi connectivity index (χ0) is 10.8. The molecule has 6 heteroatoms. The van der Waals surface area contributed by atoms with Crippen LogP contribution in [0.25, 0.3) is 0 Å². The van der Waals surface area contributed by atoms with Crippen molar-refractivity contribution in [1.29, 1.82) is 0 Å². The molecule has 1 aliphatic rings. The summed E-state index contributed by atoms with van der Waals surface area (Å²) in [6, 6.07) is 0.139. The lowest BCUT2D eigenvalue weighted by Gasteiger charge is -2.14. The first-order chi connectivity index (χ1) is 7.20. The molecule has 1 aromatic rings. The molecule has 1 atom stereocenters. The van der Waals surface area contributed by atoms with Crippen LogP contribution in [0.4, 0.5) is 0 Å². The fourth-order valence-corrected chi connectivity index (χ4v) is 2.25. The number of nitrogens with one attached hydrogen (secondary N) is 1. The predicted octanol–water partition coefficient (Wildman–Crippen LogP) is 1.34. The van der Waals surface area contributed by atoms with Crippen LogP contribution in [0.15, 0.2) is 6.20 Å². The average Bonchev–Trinajstić information content (AvgIpc) is 2.97. The van der Waals surface area contributed by atoms with Gasteiger partial charge in [0.05, 0.1) is 11.2 Å². The molecule has 0 saturated heterocycles. The van der Waals surface area contributed by atoms with Gasteiger partial charge in [0.25, 0.3) is 5.91 Å². The molecule has 1 aliphatic carbocycles. The van der Waals surface area contributed by atoms with Crippen LogP contribution in [0.3, 0.4) is 0 Å². The molecular formula is C10H16ClN3OS. The van der Waals surface area contributed by atoms with Crippen LogP contribution in [-0.2, 0) is 0 Å². The summed E-state index contributed by atoms with van der Waals surface area (Å²) in [7, 11) is 0. The minimum atomic E-state index is -0.0389. The SMILES string of the molecule is Cc1ncc(C(=O)NC(CN)C2CC2)s1.Cl. The van der Waals surface area contributed by atoms with Gasteiger partial charge in [0, 0.05) is 12.6 Å². The molecule has 1 fully saturated rings. The molecule has 1 saturated carbocycles. The summed E-state index contributed by atoms with van der Waals surface area (Å²) >= 11 is 1.42. The van der Waals surface area contributed by atoms with Crippen LogP contribution in [-0.4, -0.2) is 23.5 Å². The summed E-state index contributed by atoms with van der Waals surface area (Å²) in [6.45, 7) is 2.41. The largest absolute Gasteiger partial charge is 0.347 e. The second kappa shape index (κ2) is 5.61. The summed E-state index contributed by atoms with van der Waals surface area (Å²) in [5.74, 6) is 0.552. The van der Waals surface area contributed by atoms with Crippen LogP contribution in [0.1, 0.15) is 27.5 Å². The highest BCUT2D eigenvalue weighted by Gasteiger charge is 2.31. The summed E-state index contributed by atoms with van der Waals surface area (Å²) in [5.41, 5.74) is 5.62. The lowest BCUT2D eigenvalue weighted by Crippen LogP contribution is -2.41. The Morgan fingerprint density at radius 1 is 1.75 bits per heavy atom. The zero-order valence-electron chi connectivity index (χ0n) is 9.10. The van der Waals surface area contributed by atoms with E-state index >= 15 is 0 Å². The second-order valence-corrected chi connectivity index (χ2v) is 5.13. The van der Waals surface area contributed by atoms with Crippen molar-refractivity contribution in [3.8, 4) is 0 Å². The third kappa shape index (κ3) is 3.17. The smallest absolute Gasteiger partial charge is 0.263 e. The Hall–Kier alpha value is -0.650. The van der Waals surface area contributed by atoms with Gasteiger partial charge in [0.2, 0.25) is 0 Å². The van der Waals surface area contributed by atoms with Gasteiger partial charge in [-0.3, -0.25) is 4.79 Å². The molecule has 0 aliphatic heterocycles. The van der Waals surface area contributed by atoms with E-state index in [1.54, 1.807) is 6.20 Å². The predicted molar refractivity (Wildman–Crippen MR) is 67.1 cm³/mol. The van der Waals surface area contributed by atoms with E-state index in [2.05, 4.69) is 10.3 Å². The summed E-state index contributed by atoms with van der Waals surface area (Å²) < 4.78 is 0. The van der Waals surface area contributed by atoms with Gasteiger partial charge in [-0.05, 0) is 25.7 Å². The molecular weight excluding hydrogens is 246 g/mol. The molecule has 0 bridgehead atoms. The Labute approximate surface area is 105 Å². The van der Waals surface area contributed by atoms with Crippen LogP contribution in [0.2, 0.25) is 0 Å². The Bertz CT molecular complexity index is 365. The molecule has 2 rings (SSSR count). The van der Waals surface area contributed by atoms with Crippen molar-refractivity contribution in [3.05, 3.63) is 16.1 Å². The number of halogens is 1. The molecule has 1 aromatic heterocycles. The molecule has 0 aromatic carbocycles. The van der Waals surface area contributed by atoms with Crippen LogP contribution < -0.4 is 11.1 Å². The first-order valence-electron chi connectivity index (χ1n) is 5.14. The number of nitrogens with zero attached hydrogens (tertiary/aromatic N) is 1. The van der Waals surface area contributed by atoms with Crippen molar-refractivity contribution >= 4 is 29.7 Å². The summed E-state index contributed by atoms with van der Waals surface area (Å²) in [6.07, 6.45) is 3.99. The molecule has 90 valence electrons. The van der Waals surface area contributed by atoms with Gasteiger partial charge in [-0.2, -0.15) is 0 Å². The number of aromatic nitrogens is 1. The van der Waals surface area contributed by atoms with Gasteiger partial charge in [-0.1, -0.05) is 0 Å². The first-order valence-corrected chi connectivity index (χ1v) is 5.95. The molecule has 1 unspecified atom stereocenters. The van der Waals surface area contributed by atoms with Crippen LogP contribution in [0, 0.1) is 12.8 Å². The van der Waals surface area contributed by atoms with E-state index in [-0.39, 0.29) is 24.4 Å². The monoisotopic (exact) mass is 261 g/mol. The fourth-order valence-electron chi connectivity index (χ4n) is 1.57. The van der Waals surface area contributed by atoms with Gasteiger partial charge in [0.1, 0.15) is 4.88 Å². The van der Waals surface area contributed by atoms with Crippen LogP contribution in [0.5, 0.6) is 0 Å². The Kier molecular flexibility index (Phi) is 4.70. The zero-order valence-corrected chi connectivity index (χ0v) is 10.7. The van der Waals surface area contributed by atoms with Crippen molar-refractivity contribution in [2.75, 3.05) is 6.54 Å². The molecule has 4 nitrogen and oxygen atoms in total. The standard InChI is InChI=1S/C10H15N3OS.ClH/c1-6-12-5-9(15-6)10(14)13-8(4-11)7-2-3-7;/h5,7-8H,2-4,11H2,1H3,(H,13,14);1H. The number of thiazole rings is 1. The maximum atomic E-state index is 11.8. The quantitative estimate of drug-likeness (QED) is 0.860. The van der Waals surface area contributed by atoms with E-state index in [4.69, 9.17) is 5.73 Å². The minimum absolute atomic E-state index is 0. The highest BCUT2D eigenvalue weighted by molar-refractivity contribution is 7.13. The van der Waals surface area contributed by atoms with Crippen molar-refractivity contribution in [2.45, 2.75) is 25.8 Å². The van der Waals surface area contributed by atoms with Crippen molar-refractivity contribution in [1.82, 2.24) is 10.3 Å². The van der Waals surface area contributed by atoms with E-state index < -0.39 is 0 Å². The van der Waals surface area contributed by atoms with Crippen molar-refractivity contribution in [2.24, 2.45) is 11.7 Å². The van der Waals surface area contributed by atoms with E-state index in [0.717, 1.165) is 5.01 Å². The Morgan fingerprint density at radius 3 is 2.88 bits per heavy atom. The minimum Gasteiger partial charge on any atom is -0.347 e. The lowest BCUT2D eigenvalue weighted by molar-refractivity contribution is 0.0937. The summed E-state index contributed by atoms with van der Waals surface area (Å²) in [5, 5.41) is 3.88. The van der Waals surface area contributed by atoms with Gasteiger partial charge < -0.3 is 11.1 Å². The van der Waals surface area contributed by atoms with Gasteiger partial charge in [0.15, 0.2) is 0 Å². The van der Waals surface area contributed by atoms with E-state index in [9.17, 15) is 4.79 Å². The number of hydrogen-bond acceptors (Lipinski definition) is 4. The first kappa shape index (κ1) is 13.4. The molecule has 3 N–H and O–H groups in total. The molecule has 0 spiro atoms. The Morgan fingerprint density at radius 2 is 2.44 bits per heavy atom. The third-order valence-corrected chi connectivity index (χ3v) is 3.52. The highest BCUT2D eigenvalue weighted by atomic mass is 35.5. The molecule has 1 heterocycles. The fraction of sp³-hybridized carbons (Fsp3) is 0.600. The number of rotatable bonds is 4. The van der Waals surface area contributed by atoms with E-state index in [1.807, 2.05) is 6.92 Å². The number of carbonyl (C=O) groups excluding carboxylic acids is 1. The highest BCUT2D eigenvalue weighted by Crippen LogP contribution is 2.32. The van der Waals surface area contributed by atoms with Crippen molar-refractivity contribution < 1.29 is 4.79 Å². The lowest BCUT2D eigenvalue weighted by atomic mass is 10.2. The average molecular weight is 262 g/mol. The Balaban J connectivity index is 0.00000128. The van der Waals surface area contributed by atoms with Gasteiger partial charge in [-0.25, -0.2) is 4.98 Å². The maximum Gasteiger partial charge on any atom is 0.263 e. The number of aryl methyl sites for hydroxylation is 1. The second-order valence-electron chi connectivity index (χ2n) is 3.90. The normalized spacial score (nSPS) is 16.4. The van der Waals surface area contributed by atoms with E-state index in [0.29, 0.717) is 17.3 Å². The number of nitrogens with two attached hydrogens (primary N) is 1. The third-order valence-electron chi connectivity index (χ3n) is 2.61. The van der Waals surface area contributed by atoms with Gasteiger partial charge >= 0.3 is 0 Å². The number of carbonyl (C=O) groups is 1. The van der Waals surface area contributed by atoms with Crippen molar-refractivity contribution in [3.63, 3.8) is 0 Å². The maximum absolute atomic E-state index is 11.8. The number of hydrogen-bond donors (Lipinski definition) is 2. The van der Waals surface area contributed by atoms with E-state index in [1.165, 1.54) is 24.2 Å². The molecule has 16 heavy (non-hydrogen) atoms. The molecule has 0 radical (unpaired) electrons. The summed E-state index contributed by atoms with van der Waals surface area (Å²) in [4.78, 5) is 16.5. The number of amides is 1. The molecule has 1 amide bonds. The van der Waals surface area contributed by atoms with Gasteiger partial charge in [-0.15, -0.1) is 23.7 Å². The van der Waals surface area contributed by atoms with Crippen LogP contribution >= 0.6 is 23.7 Å².